The molecule has 0 aliphatic heterocycles. The van der Waals surface area contributed by atoms with Crippen LogP contribution < -0.4 is 0 Å². The minimum absolute atomic E-state index is 0.0722. The average Bonchev–Trinajstić information content (AvgIpc) is 2.34. The number of alkyl halides is 3. The van der Waals surface area contributed by atoms with E-state index in [4.69, 9.17) is 34.8 Å². The minimum atomic E-state index is -4.51. The van der Waals surface area contributed by atoms with Crippen LogP contribution in [0.15, 0.2) is 30.5 Å². The van der Waals surface area contributed by atoms with Gasteiger partial charge in [-0.1, -0.05) is 34.8 Å². The van der Waals surface area contributed by atoms with E-state index in [1.54, 1.807) is 0 Å². The number of pyridine rings is 1. The van der Waals surface area contributed by atoms with Crippen molar-refractivity contribution in [1.29, 1.82) is 0 Å². The largest absolute Gasteiger partial charge is 0.418 e. The summed E-state index contributed by atoms with van der Waals surface area (Å²) in [7, 11) is 0. The third-order valence-electron chi connectivity index (χ3n) is 2.37. The molecule has 1 nitrogen and oxygen atoms in total. The second kappa shape index (κ2) is 5.19. The van der Waals surface area contributed by atoms with Gasteiger partial charge in [-0.15, -0.1) is 0 Å². The first-order valence-corrected chi connectivity index (χ1v) is 6.11. The predicted octanol–water partition coefficient (Wildman–Crippen LogP) is 5.73. The Labute approximate surface area is 121 Å². The molecule has 0 radical (unpaired) electrons. The van der Waals surface area contributed by atoms with E-state index in [1.165, 1.54) is 24.4 Å². The summed E-state index contributed by atoms with van der Waals surface area (Å²) in [5, 5.41) is 0.238. The molecule has 7 heteroatoms. The van der Waals surface area contributed by atoms with Crippen molar-refractivity contribution in [2.24, 2.45) is 0 Å². The molecule has 0 N–H and O–H groups in total. The van der Waals surface area contributed by atoms with E-state index in [9.17, 15) is 13.2 Å². The van der Waals surface area contributed by atoms with Gasteiger partial charge < -0.3 is 0 Å². The highest BCUT2D eigenvalue weighted by Crippen LogP contribution is 2.39. The monoisotopic (exact) mass is 325 g/mol. The lowest BCUT2D eigenvalue weighted by Crippen LogP contribution is -2.08. The summed E-state index contributed by atoms with van der Waals surface area (Å²) in [6.45, 7) is 0. The van der Waals surface area contributed by atoms with E-state index in [1.807, 2.05) is 0 Å². The van der Waals surface area contributed by atoms with E-state index in [0.717, 1.165) is 6.07 Å². The number of rotatable bonds is 1. The first-order chi connectivity index (χ1) is 8.80. The Hall–Kier alpha value is -0.970. The number of nitrogens with zero attached hydrogens (tertiary/aromatic N) is 1. The fourth-order valence-corrected chi connectivity index (χ4v) is 2.15. The van der Waals surface area contributed by atoms with Crippen molar-refractivity contribution < 1.29 is 13.2 Å². The molecule has 1 aromatic carbocycles. The number of aromatic nitrogens is 1. The molecule has 2 aromatic rings. The molecule has 0 saturated heterocycles. The Morgan fingerprint density at radius 2 is 1.58 bits per heavy atom. The van der Waals surface area contributed by atoms with Crippen LogP contribution in [-0.4, -0.2) is 4.98 Å². The van der Waals surface area contributed by atoms with Gasteiger partial charge in [0.1, 0.15) is 0 Å². The van der Waals surface area contributed by atoms with Gasteiger partial charge >= 0.3 is 6.18 Å². The van der Waals surface area contributed by atoms with Crippen LogP contribution in [0.1, 0.15) is 5.56 Å². The van der Waals surface area contributed by atoms with Crippen LogP contribution in [-0.2, 0) is 6.18 Å². The van der Waals surface area contributed by atoms with Crippen molar-refractivity contribution >= 4 is 34.8 Å². The Kier molecular flexibility index (Phi) is 3.95. The second-order valence-corrected chi connectivity index (χ2v) is 4.84. The van der Waals surface area contributed by atoms with E-state index in [-0.39, 0.29) is 26.3 Å². The maximum absolute atomic E-state index is 12.9. The molecule has 19 heavy (non-hydrogen) atoms. The lowest BCUT2D eigenvalue weighted by Gasteiger charge is -2.12. The van der Waals surface area contributed by atoms with E-state index >= 15 is 0 Å². The minimum Gasteiger partial charge on any atom is -0.256 e. The van der Waals surface area contributed by atoms with Gasteiger partial charge in [-0.3, -0.25) is 4.98 Å². The molecule has 0 atom stereocenters. The van der Waals surface area contributed by atoms with Crippen molar-refractivity contribution in [3.8, 4) is 11.3 Å². The summed E-state index contributed by atoms with van der Waals surface area (Å²) in [6.07, 6.45) is -3.25. The SMILES string of the molecule is FC(F)(F)c1cccnc1-c1cc(Cl)c(Cl)c(Cl)c1. The van der Waals surface area contributed by atoms with Crippen LogP contribution in [0.5, 0.6) is 0 Å². The molecule has 0 unspecified atom stereocenters. The molecule has 0 spiro atoms. The molecule has 0 bridgehead atoms. The van der Waals surface area contributed by atoms with Crippen molar-refractivity contribution in [1.82, 2.24) is 4.98 Å². The van der Waals surface area contributed by atoms with Crippen LogP contribution in [0.25, 0.3) is 11.3 Å². The van der Waals surface area contributed by atoms with Gasteiger partial charge in [-0.25, -0.2) is 0 Å². The first kappa shape index (κ1) is 14.4. The van der Waals surface area contributed by atoms with Crippen molar-refractivity contribution in [2.75, 3.05) is 0 Å². The zero-order valence-corrected chi connectivity index (χ0v) is 11.4. The van der Waals surface area contributed by atoms with Gasteiger partial charge in [0.25, 0.3) is 0 Å². The smallest absolute Gasteiger partial charge is 0.256 e. The van der Waals surface area contributed by atoms with Gasteiger partial charge in [0.05, 0.1) is 26.3 Å². The Balaban J connectivity index is 2.67. The number of hydrogen-bond acceptors (Lipinski definition) is 1. The lowest BCUT2D eigenvalue weighted by molar-refractivity contribution is -0.137. The van der Waals surface area contributed by atoms with Gasteiger partial charge in [-0.2, -0.15) is 13.2 Å². The summed E-state index contributed by atoms with van der Waals surface area (Å²) >= 11 is 17.4. The zero-order chi connectivity index (χ0) is 14.2. The fourth-order valence-electron chi connectivity index (χ4n) is 1.56. The average molecular weight is 327 g/mol. The maximum atomic E-state index is 12.9. The van der Waals surface area contributed by atoms with Crippen LogP contribution in [0, 0.1) is 0 Å². The number of halogens is 6. The van der Waals surface area contributed by atoms with Gasteiger partial charge in [0.2, 0.25) is 0 Å². The quantitative estimate of drug-likeness (QED) is 0.610. The van der Waals surface area contributed by atoms with E-state index in [2.05, 4.69) is 4.98 Å². The van der Waals surface area contributed by atoms with Gasteiger partial charge in [-0.05, 0) is 24.3 Å². The highest BCUT2D eigenvalue weighted by Gasteiger charge is 2.34. The van der Waals surface area contributed by atoms with Crippen LogP contribution >= 0.6 is 34.8 Å². The zero-order valence-electron chi connectivity index (χ0n) is 9.10. The standard InChI is InChI=1S/C12H5Cl3F3N/c13-8-4-6(5-9(14)10(8)15)11-7(12(16,17)18)2-1-3-19-11/h1-5H. The summed E-state index contributed by atoms with van der Waals surface area (Å²) in [6, 6.07) is 4.75. The fraction of sp³-hybridized carbons (Fsp3) is 0.0833. The molecule has 1 heterocycles. The summed E-state index contributed by atoms with van der Waals surface area (Å²) in [5.41, 5.74) is -0.938. The second-order valence-electron chi connectivity index (χ2n) is 3.65. The number of benzene rings is 1. The summed E-state index contributed by atoms with van der Waals surface area (Å²) in [5.74, 6) is 0. The molecular weight excluding hydrogens is 321 g/mol. The van der Waals surface area contributed by atoms with Crippen molar-refractivity contribution in [3.05, 3.63) is 51.1 Å². The molecule has 0 aliphatic carbocycles. The van der Waals surface area contributed by atoms with Crippen LogP contribution in [0.4, 0.5) is 13.2 Å². The summed E-state index contributed by atoms with van der Waals surface area (Å²) in [4.78, 5) is 3.75. The normalized spacial score (nSPS) is 11.7. The molecular formula is C12H5Cl3F3N. The third kappa shape index (κ3) is 2.96. The predicted molar refractivity (Wildman–Crippen MR) is 69.7 cm³/mol. The van der Waals surface area contributed by atoms with Gasteiger partial charge in [0, 0.05) is 11.8 Å². The summed E-state index contributed by atoms with van der Waals surface area (Å²) < 4.78 is 38.6. The Bertz CT molecular complexity index is 603. The highest BCUT2D eigenvalue weighted by molar-refractivity contribution is 6.48. The molecule has 0 aliphatic rings. The molecule has 2 rings (SSSR count). The Morgan fingerprint density at radius 3 is 2.11 bits per heavy atom. The molecule has 1 aromatic heterocycles. The van der Waals surface area contributed by atoms with Crippen molar-refractivity contribution in [2.45, 2.75) is 6.18 Å². The van der Waals surface area contributed by atoms with Crippen LogP contribution in [0.2, 0.25) is 15.1 Å². The molecule has 0 amide bonds. The maximum Gasteiger partial charge on any atom is 0.418 e. The first-order valence-electron chi connectivity index (χ1n) is 4.98. The van der Waals surface area contributed by atoms with Crippen molar-refractivity contribution in [3.63, 3.8) is 0 Å². The van der Waals surface area contributed by atoms with Crippen LogP contribution in [0.3, 0.4) is 0 Å². The lowest BCUT2D eigenvalue weighted by atomic mass is 10.1. The van der Waals surface area contributed by atoms with E-state index in [0.29, 0.717) is 0 Å². The molecule has 0 saturated carbocycles. The molecule has 0 fully saturated rings. The van der Waals surface area contributed by atoms with Gasteiger partial charge in [0.15, 0.2) is 0 Å². The third-order valence-corrected chi connectivity index (χ3v) is 3.57. The highest BCUT2D eigenvalue weighted by atomic mass is 35.5. The van der Waals surface area contributed by atoms with E-state index < -0.39 is 11.7 Å². The topological polar surface area (TPSA) is 12.9 Å². The number of hydrogen-bond donors (Lipinski definition) is 0. The Morgan fingerprint density at radius 1 is 1.00 bits per heavy atom. The molecule has 100 valence electrons.